The molecule has 1 saturated carbocycles. The summed E-state index contributed by atoms with van der Waals surface area (Å²) in [5.41, 5.74) is 7.30. The zero-order chi connectivity index (χ0) is 16.2. The highest BCUT2D eigenvalue weighted by atomic mass is 16.5. The van der Waals surface area contributed by atoms with Crippen molar-refractivity contribution in [3.05, 3.63) is 35.9 Å². The topological polar surface area (TPSA) is 52.3 Å². The van der Waals surface area contributed by atoms with Crippen LogP contribution in [0.3, 0.4) is 0 Å². The van der Waals surface area contributed by atoms with Crippen molar-refractivity contribution >= 4 is 5.97 Å². The lowest BCUT2D eigenvalue weighted by Crippen LogP contribution is -2.37. The molecule has 1 saturated heterocycles. The van der Waals surface area contributed by atoms with Gasteiger partial charge in [0.05, 0.1) is 0 Å². The van der Waals surface area contributed by atoms with Crippen LogP contribution < -0.4 is 5.73 Å². The van der Waals surface area contributed by atoms with Crippen LogP contribution >= 0.6 is 0 Å². The van der Waals surface area contributed by atoms with E-state index in [9.17, 15) is 4.79 Å². The fourth-order valence-corrected chi connectivity index (χ4v) is 3.97. The lowest BCUT2D eigenvalue weighted by atomic mass is 9.77. The molecule has 2 aliphatic rings. The number of hydrogen-bond acceptors (Lipinski definition) is 3. The smallest absolute Gasteiger partial charge is 0.323 e. The zero-order valence-electron chi connectivity index (χ0n) is 14.1. The van der Waals surface area contributed by atoms with Crippen LogP contribution in [0.2, 0.25) is 0 Å². The van der Waals surface area contributed by atoms with Gasteiger partial charge in [0.2, 0.25) is 0 Å². The molecular formula is C20H29NO2. The first-order chi connectivity index (χ1) is 11.1. The summed E-state index contributed by atoms with van der Waals surface area (Å²) in [7, 11) is 0. The van der Waals surface area contributed by atoms with Crippen LogP contribution in [0.5, 0.6) is 0 Å². The maximum Gasteiger partial charge on any atom is 0.323 e. The van der Waals surface area contributed by atoms with Crippen molar-refractivity contribution in [3.63, 3.8) is 0 Å². The summed E-state index contributed by atoms with van der Waals surface area (Å²) in [5.74, 6) is 1.71. The quantitative estimate of drug-likeness (QED) is 0.862. The minimum atomic E-state index is -0.450. The van der Waals surface area contributed by atoms with Gasteiger partial charge in [0.1, 0.15) is 12.1 Å². The zero-order valence-corrected chi connectivity index (χ0v) is 14.1. The van der Waals surface area contributed by atoms with Crippen LogP contribution in [-0.2, 0) is 16.0 Å². The third-order valence-corrected chi connectivity index (χ3v) is 5.55. The molecular weight excluding hydrogens is 286 g/mol. The molecule has 1 aliphatic heterocycles. The van der Waals surface area contributed by atoms with Gasteiger partial charge >= 0.3 is 5.97 Å². The van der Waals surface area contributed by atoms with Gasteiger partial charge in [0.25, 0.3) is 0 Å². The molecule has 126 valence electrons. The Morgan fingerprint density at radius 3 is 2.57 bits per heavy atom. The number of benzene rings is 1. The highest BCUT2D eigenvalue weighted by Crippen LogP contribution is 2.41. The van der Waals surface area contributed by atoms with E-state index in [1.54, 1.807) is 0 Å². The number of carbonyl (C=O) groups excluding carboxylic acids is 1. The molecule has 1 aliphatic carbocycles. The number of cyclic esters (lactones) is 1. The van der Waals surface area contributed by atoms with E-state index in [4.69, 9.17) is 10.5 Å². The third-order valence-electron chi connectivity index (χ3n) is 5.55. The Labute approximate surface area is 139 Å². The second kappa shape index (κ2) is 7.48. The summed E-state index contributed by atoms with van der Waals surface area (Å²) in [6, 6.07) is 10.1. The SMILES string of the molecule is C[C@@H]1OC(=O)[C@@H](N)CCC[C@H](CC2CC2)[C@H]1Cc1ccccc1. The van der Waals surface area contributed by atoms with Gasteiger partial charge < -0.3 is 10.5 Å². The van der Waals surface area contributed by atoms with E-state index in [1.165, 1.54) is 31.2 Å². The van der Waals surface area contributed by atoms with E-state index < -0.39 is 6.04 Å². The first kappa shape index (κ1) is 16.5. The fraction of sp³-hybridized carbons (Fsp3) is 0.650. The van der Waals surface area contributed by atoms with Crippen molar-refractivity contribution in [2.45, 2.75) is 64.0 Å². The lowest BCUT2D eigenvalue weighted by molar-refractivity contribution is -0.153. The molecule has 1 aromatic carbocycles. The van der Waals surface area contributed by atoms with Crippen LogP contribution in [0, 0.1) is 17.8 Å². The van der Waals surface area contributed by atoms with Crippen molar-refractivity contribution in [1.29, 1.82) is 0 Å². The van der Waals surface area contributed by atoms with Crippen LogP contribution in [0.1, 0.15) is 51.0 Å². The predicted octanol–water partition coefficient (Wildman–Crippen LogP) is 3.70. The summed E-state index contributed by atoms with van der Waals surface area (Å²) in [6.07, 6.45) is 7.93. The number of hydrogen-bond donors (Lipinski definition) is 1. The molecule has 0 amide bonds. The lowest BCUT2D eigenvalue weighted by Gasteiger charge is -2.31. The number of rotatable bonds is 4. The molecule has 2 N–H and O–H groups in total. The fourth-order valence-electron chi connectivity index (χ4n) is 3.97. The number of carbonyl (C=O) groups is 1. The summed E-state index contributed by atoms with van der Waals surface area (Å²) in [6.45, 7) is 2.06. The normalized spacial score (nSPS) is 32.5. The first-order valence-electron chi connectivity index (χ1n) is 9.13. The minimum Gasteiger partial charge on any atom is -0.461 e. The Hall–Kier alpha value is -1.35. The molecule has 0 spiro atoms. The van der Waals surface area contributed by atoms with Gasteiger partial charge in [0, 0.05) is 5.92 Å². The third kappa shape index (κ3) is 4.57. The average molecular weight is 315 g/mol. The average Bonchev–Trinajstić information content (AvgIpc) is 3.35. The second-order valence-electron chi connectivity index (χ2n) is 7.47. The molecule has 2 fully saturated rings. The van der Waals surface area contributed by atoms with Crippen molar-refractivity contribution in [3.8, 4) is 0 Å². The molecule has 3 nitrogen and oxygen atoms in total. The van der Waals surface area contributed by atoms with Gasteiger partial charge in [-0.25, -0.2) is 0 Å². The monoisotopic (exact) mass is 315 g/mol. The highest BCUT2D eigenvalue weighted by Gasteiger charge is 2.35. The number of esters is 1. The van der Waals surface area contributed by atoms with Crippen LogP contribution in [0.15, 0.2) is 30.3 Å². The summed E-state index contributed by atoms with van der Waals surface area (Å²) < 4.78 is 5.74. The number of ether oxygens (including phenoxy) is 1. The molecule has 1 aromatic rings. The first-order valence-corrected chi connectivity index (χ1v) is 9.13. The molecule has 3 rings (SSSR count). The van der Waals surface area contributed by atoms with Crippen LogP contribution in [-0.4, -0.2) is 18.1 Å². The molecule has 3 heteroatoms. The Morgan fingerprint density at radius 2 is 1.87 bits per heavy atom. The van der Waals surface area contributed by atoms with Gasteiger partial charge in [-0.05, 0) is 50.0 Å². The maximum absolute atomic E-state index is 12.1. The van der Waals surface area contributed by atoms with Crippen LogP contribution in [0.4, 0.5) is 0 Å². The standard InChI is InChI=1S/C20H29NO2/c1-14-18(13-15-6-3-2-4-7-15)17(12-16-10-11-16)8-5-9-19(21)20(22)23-14/h2-4,6-7,14,16-19H,5,8-13,21H2,1H3/t14-,17+,18-,19-/m0/s1. The highest BCUT2D eigenvalue weighted by molar-refractivity contribution is 5.75. The van der Waals surface area contributed by atoms with Crippen molar-refractivity contribution in [2.24, 2.45) is 23.5 Å². The Kier molecular flexibility index (Phi) is 5.37. The molecule has 0 radical (unpaired) electrons. The van der Waals surface area contributed by atoms with E-state index >= 15 is 0 Å². The summed E-state index contributed by atoms with van der Waals surface area (Å²) >= 11 is 0. The minimum absolute atomic E-state index is 0.0596. The summed E-state index contributed by atoms with van der Waals surface area (Å²) in [4.78, 5) is 12.1. The molecule has 0 unspecified atom stereocenters. The van der Waals surface area contributed by atoms with E-state index in [0.29, 0.717) is 11.8 Å². The molecule has 0 bridgehead atoms. The van der Waals surface area contributed by atoms with Crippen molar-refractivity contribution in [1.82, 2.24) is 0 Å². The van der Waals surface area contributed by atoms with E-state index in [2.05, 4.69) is 37.3 Å². The van der Waals surface area contributed by atoms with E-state index in [-0.39, 0.29) is 12.1 Å². The van der Waals surface area contributed by atoms with E-state index in [1.807, 2.05) is 0 Å². The predicted molar refractivity (Wildman–Crippen MR) is 91.8 cm³/mol. The molecule has 1 heterocycles. The van der Waals surface area contributed by atoms with Gasteiger partial charge in [-0.1, -0.05) is 49.6 Å². The Morgan fingerprint density at radius 1 is 1.13 bits per heavy atom. The Balaban J connectivity index is 1.78. The molecule has 0 aromatic heterocycles. The van der Waals surface area contributed by atoms with Gasteiger partial charge in [0.15, 0.2) is 0 Å². The van der Waals surface area contributed by atoms with Gasteiger partial charge in [-0.2, -0.15) is 0 Å². The Bertz CT molecular complexity index is 512. The van der Waals surface area contributed by atoms with E-state index in [0.717, 1.165) is 25.2 Å². The maximum atomic E-state index is 12.1. The van der Waals surface area contributed by atoms with Gasteiger partial charge in [-0.3, -0.25) is 4.79 Å². The largest absolute Gasteiger partial charge is 0.461 e. The van der Waals surface area contributed by atoms with Crippen molar-refractivity contribution in [2.75, 3.05) is 0 Å². The van der Waals surface area contributed by atoms with Crippen molar-refractivity contribution < 1.29 is 9.53 Å². The van der Waals surface area contributed by atoms with Crippen LogP contribution in [0.25, 0.3) is 0 Å². The second-order valence-corrected chi connectivity index (χ2v) is 7.47. The van der Waals surface area contributed by atoms with Gasteiger partial charge in [-0.15, -0.1) is 0 Å². The molecule has 4 atom stereocenters. The summed E-state index contributed by atoms with van der Waals surface area (Å²) in [5, 5.41) is 0. The number of nitrogens with two attached hydrogens (primary N) is 1. The molecule has 23 heavy (non-hydrogen) atoms.